The fraction of sp³-hybridized carbons (Fsp3) is 0.429. The first-order chi connectivity index (χ1) is 20.9. The van der Waals surface area contributed by atoms with E-state index in [1.807, 2.05) is 24.3 Å². The van der Waals surface area contributed by atoms with E-state index in [4.69, 9.17) is 4.98 Å². The van der Waals surface area contributed by atoms with Gasteiger partial charge in [-0.1, -0.05) is 56.2 Å². The van der Waals surface area contributed by atoms with Crippen molar-refractivity contribution in [2.75, 3.05) is 51.2 Å². The summed E-state index contributed by atoms with van der Waals surface area (Å²) in [6, 6.07) is 21.7. The van der Waals surface area contributed by atoms with Gasteiger partial charge in [0.15, 0.2) is 11.6 Å². The van der Waals surface area contributed by atoms with Crippen LogP contribution in [0.2, 0.25) is 0 Å². The second kappa shape index (κ2) is 14.6. The van der Waals surface area contributed by atoms with Crippen LogP contribution in [0.15, 0.2) is 72.8 Å². The first-order valence-electron chi connectivity index (χ1n) is 15.6. The molecular formula is C35H43F2N5O. The normalized spacial score (nSPS) is 15.0. The van der Waals surface area contributed by atoms with Gasteiger partial charge in [0.05, 0.1) is 11.0 Å². The lowest BCUT2D eigenvalue weighted by molar-refractivity contribution is 0.0782. The number of aryl methyl sites for hydroxylation is 1. The number of fused-ring (bicyclic) bond motifs is 1. The molecule has 4 aromatic rings. The number of carbonyl (C=O) groups is 1. The number of benzene rings is 3. The number of likely N-dealkylation sites (N-methyl/N-ethyl adjacent to an activating group) is 1. The molecule has 5 rings (SSSR count). The molecule has 0 radical (unpaired) electrons. The number of rotatable bonds is 12. The lowest BCUT2D eigenvalue weighted by Gasteiger charge is -2.28. The minimum atomic E-state index is -0.857. The van der Waals surface area contributed by atoms with Crippen LogP contribution in [0.5, 0.6) is 0 Å². The van der Waals surface area contributed by atoms with Gasteiger partial charge in [-0.15, -0.1) is 0 Å². The van der Waals surface area contributed by atoms with Crippen molar-refractivity contribution in [1.82, 2.24) is 19.4 Å². The van der Waals surface area contributed by atoms with Gasteiger partial charge in [-0.3, -0.25) is 4.79 Å². The van der Waals surface area contributed by atoms with Gasteiger partial charge < -0.3 is 19.3 Å². The lowest BCUT2D eigenvalue weighted by atomic mass is 9.94. The van der Waals surface area contributed by atoms with Gasteiger partial charge >= 0.3 is 0 Å². The third-order valence-electron chi connectivity index (χ3n) is 8.56. The van der Waals surface area contributed by atoms with Crippen molar-refractivity contribution in [1.29, 1.82) is 0 Å². The van der Waals surface area contributed by atoms with Gasteiger partial charge in [-0.25, -0.2) is 13.8 Å². The Morgan fingerprint density at radius 3 is 2.49 bits per heavy atom. The van der Waals surface area contributed by atoms with Crippen molar-refractivity contribution in [2.45, 2.75) is 51.5 Å². The highest BCUT2D eigenvalue weighted by atomic mass is 19.2. The second-order valence-electron chi connectivity index (χ2n) is 11.7. The number of amides is 1. The number of imidazole rings is 1. The summed E-state index contributed by atoms with van der Waals surface area (Å²) in [4.78, 5) is 24.7. The summed E-state index contributed by atoms with van der Waals surface area (Å²) in [7, 11) is 1.78. The largest absolute Gasteiger partial charge is 0.341 e. The Bertz CT molecular complexity index is 1490. The number of halogens is 2. The monoisotopic (exact) mass is 587 g/mol. The van der Waals surface area contributed by atoms with E-state index in [9.17, 15) is 13.6 Å². The van der Waals surface area contributed by atoms with Crippen LogP contribution >= 0.6 is 0 Å². The van der Waals surface area contributed by atoms with Crippen molar-refractivity contribution in [2.24, 2.45) is 0 Å². The molecule has 228 valence electrons. The van der Waals surface area contributed by atoms with Crippen LogP contribution < -0.4 is 4.90 Å². The predicted octanol–water partition coefficient (Wildman–Crippen LogP) is 6.96. The molecule has 43 heavy (non-hydrogen) atoms. The molecule has 1 aromatic heterocycles. The summed E-state index contributed by atoms with van der Waals surface area (Å²) in [6.45, 7) is 8.07. The minimum Gasteiger partial charge on any atom is -0.341 e. The zero-order chi connectivity index (χ0) is 30.2. The maximum atomic E-state index is 14.3. The first-order valence-corrected chi connectivity index (χ1v) is 15.6. The van der Waals surface area contributed by atoms with E-state index >= 15 is 0 Å². The first kappa shape index (κ1) is 30.7. The molecule has 6 nitrogen and oxygen atoms in total. The highest BCUT2D eigenvalue weighted by molar-refractivity contribution is 5.94. The van der Waals surface area contributed by atoms with E-state index in [2.05, 4.69) is 39.5 Å². The molecule has 0 spiro atoms. The van der Waals surface area contributed by atoms with E-state index in [1.54, 1.807) is 30.1 Å². The van der Waals surface area contributed by atoms with Crippen LogP contribution in [0, 0.1) is 11.6 Å². The van der Waals surface area contributed by atoms with Crippen LogP contribution in [-0.2, 0) is 6.54 Å². The van der Waals surface area contributed by atoms with Crippen molar-refractivity contribution >= 4 is 22.9 Å². The zero-order valence-electron chi connectivity index (χ0n) is 25.4. The van der Waals surface area contributed by atoms with E-state index in [1.165, 1.54) is 30.5 Å². The lowest BCUT2D eigenvalue weighted by Crippen LogP contribution is -2.35. The third kappa shape index (κ3) is 7.60. The number of hydrogen-bond acceptors (Lipinski definition) is 4. The number of aromatic nitrogens is 2. The maximum Gasteiger partial charge on any atom is 0.253 e. The highest BCUT2D eigenvalue weighted by Crippen LogP contribution is 2.27. The molecule has 1 aliphatic rings. The summed E-state index contributed by atoms with van der Waals surface area (Å²) in [6.07, 6.45) is 5.26. The molecule has 0 bridgehead atoms. The molecule has 8 heteroatoms. The van der Waals surface area contributed by atoms with Crippen molar-refractivity contribution in [3.63, 3.8) is 0 Å². The van der Waals surface area contributed by atoms with Gasteiger partial charge in [-0.2, -0.15) is 0 Å². The number of unbranched alkanes of at least 4 members (excludes halogenated alkanes) is 2. The Kier molecular flexibility index (Phi) is 10.4. The van der Waals surface area contributed by atoms with Crippen molar-refractivity contribution < 1.29 is 13.6 Å². The smallest absolute Gasteiger partial charge is 0.253 e. The van der Waals surface area contributed by atoms with Gasteiger partial charge in [-0.05, 0) is 74.3 Å². The molecule has 3 aromatic carbocycles. The van der Waals surface area contributed by atoms with E-state index in [0.717, 1.165) is 70.0 Å². The Morgan fingerprint density at radius 1 is 0.907 bits per heavy atom. The standard InChI is InChI=1S/C35H43F2N5O/c1-3-4-10-21-42-33-15-9-8-14-32(33)38-35(42)41-20-11-19-40(23-24-41)22-18-29(28-16-17-30(36)31(37)25-28)26-39(2)34(43)27-12-6-5-7-13-27/h5-9,12-17,25,29H,3-4,10-11,18-24,26H2,1-2H3. The molecular weight excluding hydrogens is 544 g/mol. The van der Waals surface area contributed by atoms with Gasteiger partial charge in [0.25, 0.3) is 5.91 Å². The molecule has 1 aliphatic heterocycles. The van der Waals surface area contributed by atoms with Gasteiger partial charge in [0, 0.05) is 51.3 Å². The molecule has 1 unspecified atom stereocenters. The Balaban J connectivity index is 1.27. The van der Waals surface area contributed by atoms with Gasteiger partial charge in [0.1, 0.15) is 0 Å². The molecule has 0 N–H and O–H groups in total. The number of carbonyl (C=O) groups excluding carboxylic acids is 1. The summed E-state index contributed by atoms with van der Waals surface area (Å²) in [5.41, 5.74) is 3.56. The fourth-order valence-electron chi connectivity index (χ4n) is 6.12. The summed E-state index contributed by atoms with van der Waals surface area (Å²) in [5.74, 6) is -0.869. The van der Waals surface area contributed by atoms with E-state index < -0.39 is 11.6 Å². The van der Waals surface area contributed by atoms with Crippen LogP contribution in [0.25, 0.3) is 11.0 Å². The Morgan fingerprint density at radius 2 is 1.70 bits per heavy atom. The highest BCUT2D eigenvalue weighted by Gasteiger charge is 2.24. The predicted molar refractivity (Wildman–Crippen MR) is 170 cm³/mol. The van der Waals surface area contributed by atoms with Crippen LogP contribution in [0.4, 0.5) is 14.7 Å². The number of nitrogens with zero attached hydrogens (tertiary/aromatic N) is 5. The summed E-state index contributed by atoms with van der Waals surface area (Å²) >= 11 is 0. The van der Waals surface area contributed by atoms with Crippen LogP contribution in [-0.4, -0.2) is 71.6 Å². The van der Waals surface area contributed by atoms with E-state index in [-0.39, 0.29) is 11.8 Å². The molecule has 0 saturated carbocycles. The average molecular weight is 588 g/mol. The molecule has 0 aliphatic carbocycles. The van der Waals surface area contributed by atoms with Crippen molar-refractivity contribution in [3.05, 3.63) is 95.6 Å². The third-order valence-corrected chi connectivity index (χ3v) is 8.56. The van der Waals surface area contributed by atoms with E-state index in [0.29, 0.717) is 17.7 Å². The van der Waals surface area contributed by atoms with Gasteiger partial charge in [0.2, 0.25) is 5.95 Å². The van der Waals surface area contributed by atoms with Crippen molar-refractivity contribution in [3.8, 4) is 0 Å². The molecule has 1 saturated heterocycles. The molecule has 1 fully saturated rings. The molecule has 1 atom stereocenters. The summed E-state index contributed by atoms with van der Waals surface area (Å²) < 4.78 is 30.5. The van der Waals surface area contributed by atoms with Crippen LogP contribution in [0.1, 0.15) is 60.9 Å². The second-order valence-corrected chi connectivity index (χ2v) is 11.7. The number of hydrogen-bond donors (Lipinski definition) is 0. The average Bonchev–Trinajstić information content (AvgIpc) is 3.22. The zero-order valence-corrected chi connectivity index (χ0v) is 25.4. The number of anilines is 1. The minimum absolute atomic E-state index is 0.0829. The SMILES string of the molecule is CCCCCn1c(N2CCCN(CCC(CN(C)C(=O)c3ccccc3)c3ccc(F)c(F)c3)CC2)nc2ccccc21. The van der Waals surface area contributed by atoms with Crippen LogP contribution in [0.3, 0.4) is 0 Å². The molecule has 1 amide bonds. The fourth-order valence-corrected chi connectivity index (χ4v) is 6.12. The number of para-hydroxylation sites is 2. The Hall–Kier alpha value is -3.78. The Labute approximate surface area is 253 Å². The quantitative estimate of drug-likeness (QED) is 0.168. The molecule has 2 heterocycles. The summed E-state index contributed by atoms with van der Waals surface area (Å²) in [5, 5.41) is 0. The maximum absolute atomic E-state index is 14.3. The topological polar surface area (TPSA) is 44.6 Å².